The van der Waals surface area contributed by atoms with E-state index in [4.69, 9.17) is 16.3 Å². The van der Waals surface area contributed by atoms with Crippen LogP contribution < -0.4 is 4.90 Å². The number of halogens is 1. The number of nitrogens with zero attached hydrogens (tertiary/aromatic N) is 3. The van der Waals surface area contributed by atoms with Crippen molar-refractivity contribution in [2.24, 2.45) is 0 Å². The first kappa shape index (κ1) is 11.2. The summed E-state index contributed by atoms with van der Waals surface area (Å²) in [6.07, 6.45) is 0. The lowest BCUT2D eigenvalue weighted by Gasteiger charge is -2.12. The van der Waals surface area contributed by atoms with E-state index in [2.05, 4.69) is 9.97 Å². The van der Waals surface area contributed by atoms with Gasteiger partial charge in [-0.1, -0.05) is 11.6 Å². The second kappa shape index (κ2) is 5.12. The lowest BCUT2D eigenvalue weighted by Crippen LogP contribution is -2.12. The fraction of sp³-hybridized carbons (Fsp3) is 0.556. The lowest BCUT2D eigenvalue weighted by molar-refractivity contribution is 0.128. The van der Waals surface area contributed by atoms with Gasteiger partial charge in [-0.2, -0.15) is 0 Å². The van der Waals surface area contributed by atoms with Crippen LogP contribution >= 0.6 is 11.6 Å². The molecular weight excluding hydrogens is 202 g/mol. The molecule has 0 saturated carbocycles. The van der Waals surface area contributed by atoms with Gasteiger partial charge in [0.05, 0.1) is 0 Å². The Morgan fingerprint density at radius 3 is 2.71 bits per heavy atom. The summed E-state index contributed by atoms with van der Waals surface area (Å²) in [7, 11) is 3.81. The molecule has 0 aliphatic heterocycles. The Kier molecular flexibility index (Phi) is 4.10. The number of aromatic nitrogens is 2. The van der Waals surface area contributed by atoms with Crippen LogP contribution in [-0.2, 0) is 11.3 Å². The summed E-state index contributed by atoms with van der Waals surface area (Å²) in [4.78, 5) is 10.2. The van der Waals surface area contributed by atoms with Gasteiger partial charge in [0, 0.05) is 26.8 Å². The van der Waals surface area contributed by atoms with Crippen molar-refractivity contribution >= 4 is 17.4 Å². The zero-order chi connectivity index (χ0) is 10.6. The highest BCUT2D eigenvalue weighted by Crippen LogP contribution is 2.13. The Bertz CT molecular complexity index is 304. The minimum Gasteiger partial charge on any atom is -0.374 e. The van der Waals surface area contributed by atoms with Crippen LogP contribution in [0.25, 0.3) is 0 Å². The van der Waals surface area contributed by atoms with Crippen molar-refractivity contribution in [1.29, 1.82) is 0 Å². The van der Waals surface area contributed by atoms with E-state index in [1.165, 1.54) is 0 Å². The van der Waals surface area contributed by atoms with Crippen LogP contribution in [0.5, 0.6) is 0 Å². The molecule has 0 aromatic carbocycles. The van der Waals surface area contributed by atoms with Crippen LogP contribution in [0, 0.1) is 0 Å². The van der Waals surface area contributed by atoms with E-state index >= 15 is 0 Å². The number of hydrogen-bond donors (Lipinski definition) is 0. The quantitative estimate of drug-likeness (QED) is 0.718. The normalized spacial score (nSPS) is 10.3. The van der Waals surface area contributed by atoms with Crippen molar-refractivity contribution in [3.63, 3.8) is 0 Å². The average molecular weight is 216 g/mol. The van der Waals surface area contributed by atoms with E-state index in [1.807, 2.05) is 25.9 Å². The minimum absolute atomic E-state index is 0.401. The number of hydrogen-bond acceptors (Lipinski definition) is 4. The van der Waals surface area contributed by atoms with Gasteiger partial charge in [-0.05, 0) is 6.92 Å². The van der Waals surface area contributed by atoms with Crippen LogP contribution in [0.4, 0.5) is 5.82 Å². The molecule has 0 unspecified atom stereocenters. The predicted molar refractivity (Wildman–Crippen MR) is 56.7 cm³/mol. The fourth-order valence-corrected chi connectivity index (χ4v) is 1.13. The molecule has 0 spiro atoms. The van der Waals surface area contributed by atoms with E-state index in [0.29, 0.717) is 24.2 Å². The second-order valence-corrected chi connectivity index (χ2v) is 3.38. The molecule has 0 aliphatic rings. The van der Waals surface area contributed by atoms with Gasteiger partial charge in [0.25, 0.3) is 0 Å². The summed E-state index contributed by atoms with van der Waals surface area (Å²) < 4.78 is 5.21. The summed E-state index contributed by atoms with van der Waals surface area (Å²) in [5.74, 6) is 1.41. The molecule has 78 valence electrons. The SMILES string of the molecule is CCOCc1nc(Cl)cc(N(C)C)n1. The lowest BCUT2D eigenvalue weighted by atomic mass is 10.5. The van der Waals surface area contributed by atoms with Gasteiger partial charge >= 0.3 is 0 Å². The monoisotopic (exact) mass is 215 g/mol. The minimum atomic E-state index is 0.401. The van der Waals surface area contributed by atoms with E-state index in [-0.39, 0.29) is 0 Å². The summed E-state index contributed by atoms with van der Waals surface area (Å²) in [6, 6.07) is 1.72. The maximum absolute atomic E-state index is 5.84. The Labute approximate surface area is 88.9 Å². The van der Waals surface area contributed by atoms with Gasteiger partial charge < -0.3 is 9.64 Å². The van der Waals surface area contributed by atoms with Crippen molar-refractivity contribution in [2.75, 3.05) is 25.6 Å². The first-order valence-corrected chi connectivity index (χ1v) is 4.79. The molecule has 1 aromatic heterocycles. The standard InChI is InChI=1S/C9H14ClN3O/c1-4-14-6-8-11-7(10)5-9(12-8)13(2)3/h5H,4,6H2,1-3H3. The third-order valence-electron chi connectivity index (χ3n) is 1.62. The Balaban J connectivity index is 2.84. The average Bonchev–Trinajstić information content (AvgIpc) is 2.14. The van der Waals surface area contributed by atoms with Crippen LogP contribution in [0.3, 0.4) is 0 Å². The third-order valence-corrected chi connectivity index (χ3v) is 1.81. The Morgan fingerprint density at radius 2 is 2.14 bits per heavy atom. The van der Waals surface area contributed by atoms with Crippen LogP contribution in [0.1, 0.15) is 12.7 Å². The first-order valence-electron chi connectivity index (χ1n) is 4.42. The highest BCUT2D eigenvalue weighted by molar-refractivity contribution is 6.29. The van der Waals surface area contributed by atoms with Gasteiger partial charge in [-0.25, -0.2) is 9.97 Å². The van der Waals surface area contributed by atoms with Gasteiger partial charge in [-0.15, -0.1) is 0 Å². The van der Waals surface area contributed by atoms with Gasteiger partial charge in [0.2, 0.25) is 0 Å². The molecule has 14 heavy (non-hydrogen) atoms. The molecule has 1 rings (SSSR count). The van der Waals surface area contributed by atoms with Gasteiger partial charge in [0.1, 0.15) is 17.6 Å². The first-order chi connectivity index (χ1) is 6.63. The molecule has 0 amide bonds. The fourth-order valence-electron chi connectivity index (χ4n) is 0.939. The van der Waals surface area contributed by atoms with Crippen molar-refractivity contribution in [2.45, 2.75) is 13.5 Å². The zero-order valence-corrected chi connectivity index (χ0v) is 9.38. The molecule has 0 N–H and O–H groups in total. The maximum atomic E-state index is 5.84. The zero-order valence-electron chi connectivity index (χ0n) is 8.62. The summed E-state index contributed by atoms with van der Waals surface area (Å²) in [5.41, 5.74) is 0. The Hall–Kier alpha value is -0.870. The molecule has 0 radical (unpaired) electrons. The van der Waals surface area contributed by atoms with Crippen LogP contribution in [0.2, 0.25) is 5.15 Å². The molecule has 0 aliphatic carbocycles. The van der Waals surface area contributed by atoms with Crippen LogP contribution in [0.15, 0.2) is 6.07 Å². The highest BCUT2D eigenvalue weighted by atomic mass is 35.5. The molecule has 0 atom stereocenters. The maximum Gasteiger partial charge on any atom is 0.158 e. The smallest absolute Gasteiger partial charge is 0.158 e. The molecule has 0 fully saturated rings. The third kappa shape index (κ3) is 3.12. The number of anilines is 1. The summed E-state index contributed by atoms with van der Waals surface area (Å²) in [6.45, 7) is 2.97. The topological polar surface area (TPSA) is 38.2 Å². The molecule has 0 bridgehead atoms. The number of ether oxygens (including phenoxy) is 1. The number of rotatable bonds is 4. The van der Waals surface area contributed by atoms with Crippen LogP contribution in [-0.4, -0.2) is 30.7 Å². The summed E-state index contributed by atoms with van der Waals surface area (Å²) >= 11 is 5.84. The largest absolute Gasteiger partial charge is 0.374 e. The van der Waals surface area contributed by atoms with Gasteiger partial charge in [-0.3, -0.25) is 0 Å². The summed E-state index contributed by atoms with van der Waals surface area (Å²) in [5, 5.41) is 0.443. The molecule has 1 heterocycles. The van der Waals surface area contributed by atoms with Crippen molar-refractivity contribution in [3.8, 4) is 0 Å². The molecule has 1 aromatic rings. The van der Waals surface area contributed by atoms with E-state index in [9.17, 15) is 0 Å². The molecular formula is C9H14ClN3O. The predicted octanol–water partition coefficient (Wildman–Crippen LogP) is 1.73. The molecule has 5 heteroatoms. The van der Waals surface area contributed by atoms with Crippen molar-refractivity contribution in [3.05, 3.63) is 17.0 Å². The molecule has 0 saturated heterocycles. The van der Waals surface area contributed by atoms with Crippen molar-refractivity contribution in [1.82, 2.24) is 9.97 Å². The van der Waals surface area contributed by atoms with E-state index in [0.717, 1.165) is 5.82 Å². The van der Waals surface area contributed by atoms with E-state index < -0.39 is 0 Å². The second-order valence-electron chi connectivity index (χ2n) is 3.00. The highest BCUT2D eigenvalue weighted by Gasteiger charge is 2.04. The van der Waals surface area contributed by atoms with E-state index in [1.54, 1.807) is 6.07 Å². The van der Waals surface area contributed by atoms with Crippen molar-refractivity contribution < 1.29 is 4.74 Å². The van der Waals surface area contributed by atoms with Gasteiger partial charge in [0.15, 0.2) is 5.82 Å². The Morgan fingerprint density at radius 1 is 1.43 bits per heavy atom. The molecule has 4 nitrogen and oxygen atoms in total.